The van der Waals surface area contributed by atoms with E-state index in [0.717, 1.165) is 25.7 Å². The molecular weight excluding hydrogens is 288 g/mol. The van der Waals surface area contributed by atoms with Gasteiger partial charge in [0, 0.05) is 11.9 Å². The minimum atomic E-state index is -3.57. The van der Waals surface area contributed by atoms with Gasteiger partial charge in [-0.05, 0) is 32.6 Å². The van der Waals surface area contributed by atoms with Gasteiger partial charge in [-0.1, -0.05) is 18.0 Å². The first-order valence-corrected chi connectivity index (χ1v) is 8.40. The van der Waals surface area contributed by atoms with Gasteiger partial charge in [0.25, 0.3) is 0 Å². The van der Waals surface area contributed by atoms with Crippen LogP contribution in [0.1, 0.15) is 37.1 Å². The van der Waals surface area contributed by atoms with Gasteiger partial charge in [-0.2, -0.15) is 0 Å². The molecule has 1 aromatic rings. The predicted molar refractivity (Wildman–Crippen MR) is 72.8 cm³/mol. The summed E-state index contributed by atoms with van der Waals surface area (Å²) in [5.74, 6) is 0.515. The number of aryl methyl sites for hydroxylation is 2. The van der Waals surface area contributed by atoms with Crippen molar-refractivity contribution in [3.8, 4) is 0 Å². The number of nitrogens with one attached hydrogen (secondary N) is 1. The summed E-state index contributed by atoms with van der Waals surface area (Å²) in [6.45, 7) is 3.59. The van der Waals surface area contributed by atoms with Crippen LogP contribution in [0.5, 0.6) is 0 Å². The lowest BCUT2D eigenvalue weighted by Crippen LogP contribution is -2.35. The van der Waals surface area contributed by atoms with Gasteiger partial charge in [-0.25, -0.2) is 13.1 Å². The van der Waals surface area contributed by atoms with E-state index in [-0.39, 0.29) is 16.2 Å². The highest BCUT2D eigenvalue weighted by Gasteiger charge is 2.28. The molecule has 7 heteroatoms. The van der Waals surface area contributed by atoms with Gasteiger partial charge in [-0.3, -0.25) is 0 Å². The molecule has 0 amide bonds. The molecule has 5 nitrogen and oxygen atoms in total. The molecule has 0 saturated heterocycles. The van der Waals surface area contributed by atoms with Gasteiger partial charge in [0.1, 0.15) is 10.6 Å². The van der Waals surface area contributed by atoms with Gasteiger partial charge in [0.05, 0.1) is 0 Å². The summed E-state index contributed by atoms with van der Waals surface area (Å²) < 4.78 is 32.0. The van der Waals surface area contributed by atoms with Crippen LogP contribution in [0, 0.1) is 19.8 Å². The molecule has 19 heavy (non-hydrogen) atoms. The van der Waals surface area contributed by atoms with Crippen molar-refractivity contribution in [3.05, 3.63) is 11.5 Å². The maximum atomic E-state index is 12.2. The molecule has 1 aliphatic carbocycles. The average Bonchev–Trinajstić information content (AvgIpc) is 2.69. The largest absolute Gasteiger partial charge is 0.360 e. The second kappa shape index (κ2) is 5.81. The van der Waals surface area contributed by atoms with E-state index >= 15 is 0 Å². The van der Waals surface area contributed by atoms with E-state index in [1.807, 2.05) is 0 Å². The number of rotatable bonds is 4. The molecule has 1 saturated carbocycles. The van der Waals surface area contributed by atoms with E-state index in [4.69, 9.17) is 16.1 Å². The summed E-state index contributed by atoms with van der Waals surface area (Å²) in [5, 5.41) is 3.73. The molecule has 0 bridgehead atoms. The molecule has 1 aromatic heterocycles. The van der Waals surface area contributed by atoms with Crippen LogP contribution in [0.2, 0.25) is 0 Å². The van der Waals surface area contributed by atoms with Crippen molar-refractivity contribution in [2.75, 3.05) is 6.54 Å². The Bertz CT molecular complexity index is 522. The Balaban J connectivity index is 2.06. The second-order valence-electron chi connectivity index (χ2n) is 5.07. The highest BCUT2D eigenvalue weighted by molar-refractivity contribution is 7.89. The van der Waals surface area contributed by atoms with Crippen molar-refractivity contribution in [2.45, 2.75) is 49.8 Å². The molecular formula is C12H19ClN2O3S. The Labute approximate surface area is 118 Å². The number of hydrogen-bond acceptors (Lipinski definition) is 4. The number of alkyl halides is 1. The second-order valence-corrected chi connectivity index (χ2v) is 7.33. The van der Waals surface area contributed by atoms with Crippen LogP contribution >= 0.6 is 11.6 Å². The number of hydrogen-bond donors (Lipinski definition) is 1. The Hall–Kier alpha value is -0.590. The SMILES string of the molecule is Cc1noc(C)c1S(=O)(=O)NCC1CCCCC1Cl. The van der Waals surface area contributed by atoms with E-state index in [9.17, 15) is 8.42 Å². The molecule has 1 heterocycles. The lowest BCUT2D eigenvalue weighted by Gasteiger charge is -2.26. The van der Waals surface area contributed by atoms with Crippen LogP contribution < -0.4 is 4.72 Å². The third-order valence-corrected chi connectivity index (χ3v) is 5.83. The fourth-order valence-electron chi connectivity index (χ4n) is 2.54. The zero-order valence-electron chi connectivity index (χ0n) is 11.1. The van der Waals surface area contributed by atoms with Gasteiger partial charge >= 0.3 is 0 Å². The predicted octanol–water partition coefficient (Wildman–Crippen LogP) is 2.37. The number of aromatic nitrogens is 1. The van der Waals surface area contributed by atoms with Crippen molar-refractivity contribution in [1.29, 1.82) is 0 Å². The van der Waals surface area contributed by atoms with Gasteiger partial charge < -0.3 is 4.52 Å². The monoisotopic (exact) mass is 306 g/mol. The van der Waals surface area contributed by atoms with Crippen LogP contribution in [-0.2, 0) is 10.0 Å². The minimum absolute atomic E-state index is 0.0566. The third-order valence-electron chi connectivity index (χ3n) is 3.59. The van der Waals surface area contributed by atoms with Crippen molar-refractivity contribution in [2.24, 2.45) is 5.92 Å². The molecule has 0 aromatic carbocycles. The van der Waals surface area contributed by atoms with Crippen molar-refractivity contribution < 1.29 is 12.9 Å². The standard InChI is InChI=1S/C12H19ClN2O3S/c1-8-12(9(2)18-15-8)19(16,17)14-7-10-5-3-4-6-11(10)13/h10-11,14H,3-7H2,1-2H3. The summed E-state index contributed by atoms with van der Waals surface area (Å²) in [7, 11) is -3.57. The van der Waals surface area contributed by atoms with E-state index in [2.05, 4.69) is 9.88 Å². The fourth-order valence-corrected chi connectivity index (χ4v) is 4.33. The van der Waals surface area contributed by atoms with Crippen molar-refractivity contribution >= 4 is 21.6 Å². The zero-order valence-corrected chi connectivity index (χ0v) is 12.7. The average molecular weight is 307 g/mol. The summed E-state index contributed by atoms with van der Waals surface area (Å²) in [4.78, 5) is 0.148. The summed E-state index contributed by atoms with van der Waals surface area (Å²) >= 11 is 6.23. The maximum Gasteiger partial charge on any atom is 0.245 e. The van der Waals surface area contributed by atoms with Crippen LogP contribution in [0.15, 0.2) is 9.42 Å². The van der Waals surface area contributed by atoms with Gasteiger partial charge in [0.2, 0.25) is 10.0 Å². The summed E-state index contributed by atoms with van der Waals surface area (Å²) in [6, 6.07) is 0. The molecule has 2 atom stereocenters. The zero-order chi connectivity index (χ0) is 14.0. The van der Waals surface area contributed by atoms with Crippen molar-refractivity contribution in [3.63, 3.8) is 0 Å². The quantitative estimate of drug-likeness (QED) is 0.867. The lowest BCUT2D eigenvalue weighted by atomic mass is 9.89. The van der Waals surface area contributed by atoms with Crippen molar-refractivity contribution in [1.82, 2.24) is 9.88 Å². The van der Waals surface area contributed by atoms with E-state index in [1.165, 1.54) is 0 Å². The van der Waals surface area contributed by atoms with Gasteiger partial charge in [0.15, 0.2) is 5.76 Å². The molecule has 108 valence electrons. The summed E-state index contributed by atoms with van der Waals surface area (Å²) in [6.07, 6.45) is 4.17. The van der Waals surface area contributed by atoms with E-state index in [1.54, 1.807) is 13.8 Å². The molecule has 0 spiro atoms. The number of sulfonamides is 1. The number of halogens is 1. The molecule has 1 N–H and O–H groups in total. The molecule has 2 rings (SSSR count). The topological polar surface area (TPSA) is 72.2 Å². The molecule has 2 unspecified atom stereocenters. The minimum Gasteiger partial charge on any atom is -0.360 e. The summed E-state index contributed by atoms with van der Waals surface area (Å²) in [5.41, 5.74) is 0.385. The van der Waals surface area contributed by atoms with E-state index < -0.39 is 10.0 Å². The van der Waals surface area contributed by atoms with Crippen LogP contribution in [-0.4, -0.2) is 25.5 Å². The Kier molecular flexibility index (Phi) is 4.53. The first-order chi connectivity index (χ1) is 8.92. The fraction of sp³-hybridized carbons (Fsp3) is 0.750. The Morgan fingerprint density at radius 2 is 2.05 bits per heavy atom. The molecule has 1 fully saturated rings. The smallest absolute Gasteiger partial charge is 0.245 e. The Morgan fingerprint density at radius 1 is 1.37 bits per heavy atom. The first kappa shape index (κ1) is 14.8. The maximum absolute atomic E-state index is 12.2. The highest BCUT2D eigenvalue weighted by Crippen LogP contribution is 2.28. The molecule has 0 aliphatic heterocycles. The van der Waals surface area contributed by atoms with E-state index in [0.29, 0.717) is 18.0 Å². The molecule has 0 radical (unpaired) electrons. The van der Waals surface area contributed by atoms with Crippen LogP contribution in [0.25, 0.3) is 0 Å². The number of nitrogens with zero attached hydrogens (tertiary/aromatic N) is 1. The highest BCUT2D eigenvalue weighted by atomic mass is 35.5. The Morgan fingerprint density at radius 3 is 2.63 bits per heavy atom. The normalized spacial score (nSPS) is 24.6. The molecule has 1 aliphatic rings. The first-order valence-electron chi connectivity index (χ1n) is 6.48. The lowest BCUT2D eigenvalue weighted by molar-refractivity contribution is 0.363. The third kappa shape index (κ3) is 3.30. The van der Waals surface area contributed by atoms with Crippen LogP contribution in [0.4, 0.5) is 0 Å². The van der Waals surface area contributed by atoms with Gasteiger partial charge in [-0.15, -0.1) is 11.6 Å². The van der Waals surface area contributed by atoms with Crippen LogP contribution in [0.3, 0.4) is 0 Å².